The number of ether oxygens (including phenoxy) is 2. The molecule has 0 aliphatic rings. The van der Waals surface area contributed by atoms with Gasteiger partial charge in [0.1, 0.15) is 0 Å². The minimum atomic E-state index is -0.453. The monoisotopic (exact) mass is 328 g/mol. The summed E-state index contributed by atoms with van der Waals surface area (Å²) in [7, 11) is 1.43. The van der Waals surface area contributed by atoms with Crippen LogP contribution in [0.5, 0.6) is 11.5 Å². The molecule has 0 saturated heterocycles. The predicted molar refractivity (Wildman–Crippen MR) is 83.6 cm³/mol. The zero-order chi connectivity index (χ0) is 17.4. The molecular formula is C17H16N2O5. The number of carbonyl (C=O) groups excluding carboxylic acids is 2. The Balaban J connectivity index is 1.77. The summed E-state index contributed by atoms with van der Waals surface area (Å²) in [6.07, 6.45) is 1.96. The summed E-state index contributed by atoms with van der Waals surface area (Å²) in [5.74, 6) is 0.00178. The van der Waals surface area contributed by atoms with Gasteiger partial charge in [-0.1, -0.05) is 0 Å². The lowest BCUT2D eigenvalue weighted by molar-refractivity contribution is -0.134. The summed E-state index contributed by atoms with van der Waals surface area (Å²) in [5, 5.41) is 11.5. The van der Waals surface area contributed by atoms with E-state index in [1.807, 2.05) is 6.07 Å². The number of nitrogens with zero attached hydrogens (tertiary/aromatic N) is 1. The van der Waals surface area contributed by atoms with E-state index in [0.29, 0.717) is 24.3 Å². The lowest BCUT2D eigenvalue weighted by atomic mass is 10.2. The number of methoxy groups -OCH3 is 1. The lowest BCUT2D eigenvalue weighted by Crippen LogP contribution is -2.24. The van der Waals surface area contributed by atoms with Crippen molar-refractivity contribution in [1.29, 1.82) is 5.26 Å². The third-order valence-corrected chi connectivity index (χ3v) is 3.10. The van der Waals surface area contributed by atoms with Crippen LogP contribution in [0, 0.1) is 11.3 Å². The van der Waals surface area contributed by atoms with Crippen LogP contribution in [0.2, 0.25) is 0 Å². The van der Waals surface area contributed by atoms with Crippen molar-refractivity contribution in [2.24, 2.45) is 0 Å². The Morgan fingerprint density at radius 1 is 1.29 bits per heavy atom. The number of hydrogen-bond donors (Lipinski definition) is 1. The highest BCUT2D eigenvalue weighted by atomic mass is 16.6. The fraction of sp³-hybridized carbons (Fsp3) is 0.235. The van der Waals surface area contributed by atoms with Gasteiger partial charge >= 0.3 is 5.97 Å². The number of carbonyl (C=O) groups is 2. The van der Waals surface area contributed by atoms with Gasteiger partial charge < -0.3 is 19.2 Å². The smallest absolute Gasteiger partial charge is 0.311 e. The molecule has 1 heterocycles. The van der Waals surface area contributed by atoms with Crippen LogP contribution in [-0.4, -0.2) is 25.5 Å². The normalized spacial score (nSPS) is 9.83. The van der Waals surface area contributed by atoms with Crippen LogP contribution in [0.4, 0.5) is 0 Å². The largest absolute Gasteiger partial charge is 0.493 e. The molecule has 0 fully saturated rings. The molecule has 1 aromatic heterocycles. The Hall–Kier alpha value is -3.27. The number of benzene rings is 1. The van der Waals surface area contributed by atoms with Gasteiger partial charge in [-0.3, -0.25) is 9.59 Å². The number of rotatable bonds is 7. The zero-order valence-corrected chi connectivity index (χ0v) is 13.1. The molecule has 0 atom stereocenters. The van der Waals surface area contributed by atoms with Crippen LogP contribution in [0.3, 0.4) is 0 Å². The zero-order valence-electron chi connectivity index (χ0n) is 13.1. The molecule has 24 heavy (non-hydrogen) atoms. The molecule has 1 amide bonds. The molecule has 0 aliphatic carbocycles. The molecule has 2 rings (SSSR count). The van der Waals surface area contributed by atoms with E-state index in [-0.39, 0.29) is 23.8 Å². The van der Waals surface area contributed by atoms with Gasteiger partial charge in [0.05, 0.1) is 25.0 Å². The summed E-state index contributed by atoms with van der Waals surface area (Å²) in [4.78, 5) is 23.5. The first-order valence-electron chi connectivity index (χ1n) is 7.24. The van der Waals surface area contributed by atoms with E-state index in [1.54, 1.807) is 12.1 Å². The van der Waals surface area contributed by atoms with Gasteiger partial charge in [-0.25, -0.2) is 0 Å². The SMILES string of the molecule is COc1cc(C#N)ccc1OC(=O)CCCNC(=O)c1ccco1. The van der Waals surface area contributed by atoms with Gasteiger partial charge in [-0.2, -0.15) is 5.26 Å². The van der Waals surface area contributed by atoms with Gasteiger partial charge in [0.25, 0.3) is 5.91 Å². The van der Waals surface area contributed by atoms with Crippen LogP contribution in [-0.2, 0) is 4.79 Å². The third kappa shape index (κ3) is 4.61. The second-order valence-corrected chi connectivity index (χ2v) is 4.79. The summed E-state index contributed by atoms with van der Waals surface area (Å²) < 4.78 is 15.3. The average molecular weight is 328 g/mol. The first-order chi connectivity index (χ1) is 11.6. The molecular weight excluding hydrogens is 312 g/mol. The van der Waals surface area contributed by atoms with E-state index >= 15 is 0 Å². The summed E-state index contributed by atoms with van der Waals surface area (Å²) in [5.41, 5.74) is 0.410. The molecule has 0 spiro atoms. The number of nitrogens with one attached hydrogen (secondary N) is 1. The van der Waals surface area contributed by atoms with Crippen LogP contribution in [0.25, 0.3) is 0 Å². The van der Waals surface area contributed by atoms with Gasteiger partial charge in [-0.05, 0) is 30.7 Å². The summed E-state index contributed by atoms with van der Waals surface area (Å²) >= 11 is 0. The maximum absolute atomic E-state index is 11.8. The molecule has 0 radical (unpaired) electrons. The van der Waals surface area contributed by atoms with Crippen LogP contribution >= 0.6 is 0 Å². The summed E-state index contributed by atoms with van der Waals surface area (Å²) in [6.45, 7) is 0.319. The molecule has 1 aromatic carbocycles. The highest BCUT2D eigenvalue weighted by Crippen LogP contribution is 2.28. The molecule has 7 nitrogen and oxygen atoms in total. The summed E-state index contributed by atoms with van der Waals surface area (Å²) in [6, 6.07) is 9.69. The number of hydrogen-bond acceptors (Lipinski definition) is 6. The molecule has 0 saturated carbocycles. The number of esters is 1. The predicted octanol–water partition coefficient (Wildman–Crippen LogP) is 2.28. The van der Waals surface area contributed by atoms with E-state index in [1.165, 1.54) is 31.6 Å². The van der Waals surface area contributed by atoms with Gasteiger partial charge in [-0.15, -0.1) is 0 Å². The highest BCUT2D eigenvalue weighted by molar-refractivity contribution is 5.91. The fourth-order valence-corrected chi connectivity index (χ4v) is 1.92. The van der Waals surface area contributed by atoms with Crippen molar-refractivity contribution in [1.82, 2.24) is 5.32 Å². The lowest BCUT2D eigenvalue weighted by Gasteiger charge is -2.09. The van der Waals surface area contributed by atoms with Crippen molar-refractivity contribution in [2.75, 3.05) is 13.7 Å². The maximum Gasteiger partial charge on any atom is 0.311 e. The second-order valence-electron chi connectivity index (χ2n) is 4.79. The molecule has 0 bridgehead atoms. The average Bonchev–Trinajstić information content (AvgIpc) is 3.13. The minimum absolute atomic E-state index is 0.127. The topological polar surface area (TPSA) is 102 Å². The molecule has 7 heteroatoms. The van der Waals surface area contributed by atoms with Crippen molar-refractivity contribution >= 4 is 11.9 Å². The number of amides is 1. The van der Waals surface area contributed by atoms with E-state index in [2.05, 4.69) is 5.32 Å². The fourth-order valence-electron chi connectivity index (χ4n) is 1.92. The number of nitriles is 1. The van der Waals surface area contributed by atoms with Crippen molar-refractivity contribution in [2.45, 2.75) is 12.8 Å². The standard InChI is InChI=1S/C17H16N2O5/c1-22-15-10-12(11-18)6-7-13(15)24-16(20)5-2-8-19-17(21)14-4-3-9-23-14/h3-4,6-7,9-10H,2,5,8H2,1H3,(H,19,21). The highest BCUT2D eigenvalue weighted by Gasteiger charge is 2.12. The van der Waals surface area contributed by atoms with Crippen LogP contribution < -0.4 is 14.8 Å². The maximum atomic E-state index is 11.8. The Morgan fingerprint density at radius 2 is 2.12 bits per heavy atom. The van der Waals surface area contributed by atoms with E-state index in [4.69, 9.17) is 19.2 Å². The van der Waals surface area contributed by atoms with Crippen molar-refractivity contribution in [3.8, 4) is 17.6 Å². The van der Waals surface area contributed by atoms with Crippen LogP contribution in [0.1, 0.15) is 29.0 Å². The third-order valence-electron chi connectivity index (χ3n) is 3.10. The van der Waals surface area contributed by atoms with Gasteiger partial charge in [0.2, 0.25) is 0 Å². The van der Waals surface area contributed by atoms with E-state index < -0.39 is 5.97 Å². The van der Waals surface area contributed by atoms with Crippen LogP contribution in [0.15, 0.2) is 41.0 Å². The first kappa shape index (κ1) is 17.1. The van der Waals surface area contributed by atoms with E-state index in [0.717, 1.165) is 0 Å². The molecule has 1 N–H and O–H groups in total. The Labute approximate surface area is 138 Å². The Bertz CT molecular complexity index is 747. The molecule has 0 aliphatic heterocycles. The van der Waals surface area contributed by atoms with Gasteiger partial charge in [0.15, 0.2) is 17.3 Å². The Morgan fingerprint density at radius 3 is 2.79 bits per heavy atom. The Kier molecular flexibility index (Phi) is 5.97. The number of furan rings is 1. The molecule has 2 aromatic rings. The first-order valence-corrected chi connectivity index (χ1v) is 7.24. The quantitative estimate of drug-likeness (QED) is 0.475. The second kappa shape index (κ2) is 8.39. The van der Waals surface area contributed by atoms with Crippen molar-refractivity contribution in [3.63, 3.8) is 0 Å². The van der Waals surface area contributed by atoms with E-state index in [9.17, 15) is 9.59 Å². The molecule has 124 valence electrons. The van der Waals surface area contributed by atoms with Crippen molar-refractivity contribution < 1.29 is 23.5 Å². The molecule has 0 unspecified atom stereocenters. The van der Waals surface area contributed by atoms with Crippen molar-refractivity contribution in [3.05, 3.63) is 47.9 Å². The van der Waals surface area contributed by atoms with Gasteiger partial charge in [0, 0.05) is 19.0 Å². The minimum Gasteiger partial charge on any atom is -0.493 e.